The van der Waals surface area contributed by atoms with Crippen molar-refractivity contribution in [3.63, 3.8) is 0 Å². The van der Waals surface area contributed by atoms with Gasteiger partial charge in [0.25, 0.3) is 5.91 Å². The minimum Gasteiger partial charge on any atom is -0.493 e. The molecule has 1 N–H and O–H groups in total. The summed E-state index contributed by atoms with van der Waals surface area (Å²) in [7, 11) is 0. The Bertz CT molecular complexity index is 819. The topological polar surface area (TPSA) is 81.7 Å². The SMILES string of the molecule is CCOc1ccccc1C(=O)NCC(=O)O[C@@H](C)C(=O)c1ccc(Cl)cc1. The van der Waals surface area contributed by atoms with Crippen molar-refractivity contribution in [2.75, 3.05) is 13.2 Å². The average molecular weight is 390 g/mol. The predicted octanol–water partition coefficient (Wildman–Crippen LogP) is 3.28. The van der Waals surface area contributed by atoms with E-state index >= 15 is 0 Å². The van der Waals surface area contributed by atoms with E-state index in [2.05, 4.69) is 5.32 Å². The minimum atomic E-state index is -0.980. The van der Waals surface area contributed by atoms with Crippen LogP contribution in [0.3, 0.4) is 0 Å². The number of hydrogen-bond donors (Lipinski definition) is 1. The second kappa shape index (κ2) is 9.73. The van der Waals surface area contributed by atoms with E-state index in [1.807, 2.05) is 6.92 Å². The Morgan fingerprint density at radius 1 is 1.07 bits per heavy atom. The summed E-state index contributed by atoms with van der Waals surface area (Å²) in [5.41, 5.74) is 0.701. The fourth-order valence-electron chi connectivity index (χ4n) is 2.32. The molecule has 27 heavy (non-hydrogen) atoms. The number of halogens is 1. The number of amides is 1. The molecule has 0 fully saturated rings. The number of carbonyl (C=O) groups excluding carboxylic acids is 3. The lowest BCUT2D eigenvalue weighted by Gasteiger charge is -2.13. The van der Waals surface area contributed by atoms with E-state index in [4.69, 9.17) is 21.1 Å². The first-order chi connectivity index (χ1) is 12.9. The normalized spacial score (nSPS) is 11.4. The highest BCUT2D eigenvalue weighted by molar-refractivity contribution is 6.30. The number of benzene rings is 2. The zero-order valence-corrected chi connectivity index (χ0v) is 15.8. The molecular formula is C20H20ClNO5. The van der Waals surface area contributed by atoms with Crippen LogP contribution in [-0.4, -0.2) is 36.9 Å². The second-order valence-electron chi connectivity index (χ2n) is 5.62. The maximum absolute atomic E-state index is 12.2. The molecule has 0 heterocycles. The number of para-hydroxylation sites is 1. The van der Waals surface area contributed by atoms with Crippen molar-refractivity contribution in [2.24, 2.45) is 0 Å². The summed E-state index contributed by atoms with van der Waals surface area (Å²) in [6.45, 7) is 3.33. The molecule has 0 aromatic heterocycles. The molecule has 6 nitrogen and oxygen atoms in total. The lowest BCUT2D eigenvalue weighted by Crippen LogP contribution is -2.34. The molecule has 2 aromatic rings. The van der Waals surface area contributed by atoms with Gasteiger partial charge in [-0.3, -0.25) is 14.4 Å². The number of carbonyl (C=O) groups is 3. The number of rotatable bonds is 8. The van der Waals surface area contributed by atoms with Crippen molar-refractivity contribution >= 4 is 29.3 Å². The highest BCUT2D eigenvalue weighted by atomic mass is 35.5. The fraction of sp³-hybridized carbons (Fsp3) is 0.250. The number of ether oxygens (including phenoxy) is 2. The average Bonchev–Trinajstić information content (AvgIpc) is 2.67. The molecule has 1 amide bonds. The number of nitrogens with one attached hydrogen (secondary N) is 1. The van der Waals surface area contributed by atoms with Crippen LogP contribution >= 0.6 is 11.6 Å². The summed E-state index contributed by atoms with van der Waals surface area (Å²) in [6.07, 6.45) is -0.980. The lowest BCUT2D eigenvalue weighted by molar-refractivity contribution is -0.145. The van der Waals surface area contributed by atoms with Gasteiger partial charge in [0.2, 0.25) is 5.78 Å². The van der Waals surface area contributed by atoms with Crippen molar-refractivity contribution in [3.8, 4) is 5.75 Å². The predicted molar refractivity (Wildman–Crippen MR) is 101 cm³/mol. The zero-order chi connectivity index (χ0) is 19.8. The Morgan fingerprint density at radius 2 is 1.74 bits per heavy atom. The van der Waals surface area contributed by atoms with Crippen LogP contribution in [0.2, 0.25) is 5.02 Å². The van der Waals surface area contributed by atoms with Crippen molar-refractivity contribution in [2.45, 2.75) is 20.0 Å². The van der Waals surface area contributed by atoms with Gasteiger partial charge in [-0.2, -0.15) is 0 Å². The molecule has 0 unspecified atom stereocenters. The lowest BCUT2D eigenvalue weighted by atomic mass is 10.1. The third-order valence-electron chi connectivity index (χ3n) is 3.63. The Labute approximate surface area is 162 Å². The Kier molecular flexibility index (Phi) is 7.37. The molecule has 0 aliphatic rings. The van der Waals surface area contributed by atoms with Crippen molar-refractivity contribution < 1.29 is 23.9 Å². The Morgan fingerprint density at radius 3 is 2.41 bits per heavy atom. The highest BCUT2D eigenvalue weighted by Gasteiger charge is 2.20. The largest absolute Gasteiger partial charge is 0.493 e. The quantitative estimate of drug-likeness (QED) is 0.553. The van der Waals surface area contributed by atoms with Gasteiger partial charge in [-0.25, -0.2) is 0 Å². The number of Topliss-reactive ketones (excluding diaryl/α,β-unsaturated/α-hetero) is 1. The third-order valence-corrected chi connectivity index (χ3v) is 3.88. The standard InChI is InChI=1S/C20H20ClNO5/c1-3-26-17-7-5-4-6-16(17)20(25)22-12-18(23)27-13(2)19(24)14-8-10-15(21)11-9-14/h4-11,13H,3,12H2,1-2H3,(H,22,25)/t13-/m0/s1. The van der Waals surface area contributed by atoms with Gasteiger partial charge in [0, 0.05) is 10.6 Å². The van der Waals surface area contributed by atoms with Crippen LogP contribution in [0.25, 0.3) is 0 Å². The fourth-order valence-corrected chi connectivity index (χ4v) is 2.45. The number of hydrogen-bond acceptors (Lipinski definition) is 5. The number of ketones is 1. The molecular weight excluding hydrogens is 370 g/mol. The van der Waals surface area contributed by atoms with E-state index < -0.39 is 18.0 Å². The van der Waals surface area contributed by atoms with Crippen LogP contribution in [-0.2, 0) is 9.53 Å². The van der Waals surface area contributed by atoms with Gasteiger partial charge >= 0.3 is 5.97 Å². The molecule has 0 saturated heterocycles. The first-order valence-corrected chi connectivity index (χ1v) is 8.79. The van der Waals surface area contributed by atoms with Gasteiger partial charge in [0.05, 0.1) is 12.2 Å². The molecule has 1 atom stereocenters. The highest BCUT2D eigenvalue weighted by Crippen LogP contribution is 2.17. The third kappa shape index (κ3) is 5.82. The summed E-state index contributed by atoms with van der Waals surface area (Å²) in [6, 6.07) is 13.0. The van der Waals surface area contributed by atoms with E-state index in [1.54, 1.807) is 48.5 Å². The van der Waals surface area contributed by atoms with E-state index in [0.717, 1.165) is 0 Å². The monoisotopic (exact) mass is 389 g/mol. The van der Waals surface area contributed by atoms with E-state index in [9.17, 15) is 14.4 Å². The zero-order valence-electron chi connectivity index (χ0n) is 15.0. The molecule has 0 saturated carbocycles. The first-order valence-electron chi connectivity index (χ1n) is 8.41. The van der Waals surface area contributed by atoms with Crippen molar-refractivity contribution in [1.29, 1.82) is 0 Å². The summed E-state index contributed by atoms with van der Waals surface area (Å²) in [5.74, 6) is -1.11. The maximum atomic E-state index is 12.2. The molecule has 2 rings (SSSR count). The number of esters is 1. The van der Waals surface area contributed by atoms with Gasteiger partial charge in [-0.05, 0) is 50.2 Å². The van der Waals surface area contributed by atoms with Gasteiger partial charge in [0.1, 0.15) is 12.3 Å². The van der Waals surface area contributed by atoms with Crippen molar-refractivity contribution in [1.82, 2.24) is 5.32 Å². The molecule has 0 spiro atoms. The summed E-state index contributed by atoms with van der Waals surface area (Å²) >= 11 is 5.79. The van der Waals surface area contributed by atoms with Gasteiger partial charge in [-0.15, -0.1) is 0 Å². The molecule has 0 radical (unpaired) electrons. The van der Waals surface area contributed by atoms with Gasteiger partial charge in [-0.1, -0.05) is 23.7 Å². The van der Waals surface area contributed by atoms with E-state index in [0.29, 0.717) is 28.5 Å². The van der Waals surface area contributed by atoms with E-state index in [1.165, 1.54) is 6.92 Å². The summed E-state index contributed by atoms with van der Waals surface area (Å²) in [4.78, 5) is 36.4. The second-order valence-corrected chi connectivity index (χ2v) is 6.05. The maximum Gasteiger partial charge on any atom is 0.326 e. The minimum absolute atomic E-state index is 0.317. The Hall–Kier alpha value is -2.86. The molecule has 2 aromatic carbocycles. The molecule has 142 valence electrons. The summed E-state index contributed by atoms with van der Waals surface area (Å²) in [5, 5.41) is 2.97. The van der Waals surface area contributed by atoms with Crippen LogP contribution in [0, 0.1) is 0 Å². The van der Waals surface area contributed by atoms with Crippen LogP contribution in [0.4, 0.5) is 0 Å². The molecule has 0 aliphatic carbocycles. The van der Waals surface area contributed by atoms with Gasteiger partial charge in [0.15, 0.2) is 6.10 Å². The van der Waals surface area contributed by atoms with Gasteiger partial charge < -0.3 is 14.8 Å². The first kappa shape index (κ1) is 20.5. The van der Waals surface area contributed by atoms with Crippen LogP contribution in [0.15, 0.2) is 48.5 Å². The smallest absolute Gasteiger partial charge is 0.326 e. The van der Waals surface area contributed by atoms with Crippen LogP contribution in [0.1, 0.15) is 34.6 Å². The Balaban J connectivity index is 1.89. The summed E-state index contributed by atoms with van der Waals surface area (Å²) < 4.78 is 10.5. The van der Waals surface area contributed by atoms with Crippen molar-refractivity contribution in [3.05, 3.63) is 64.7 Å². The van der Waals surface area contributed by atoms with Crippen LogP contribution in [0.5, 0.6) is 5.75 Å². The molecule has 7 heteroatoms. The van der Waals surface area contributed by atoms with Crippen LogP contribution < -0.4 is 10.1 Å². The molecule has 0 aliphatic heterocycles. The van der Waals surface area contributed by atoms with E-state index in [-0.39, 0.29) is 12.3 Å². The molecule has 0 bridgehead atoms.